The lowest BCUT2D eigenvalue weighted by Gasteiger charge is -2.14. The van der Waals surface area contributed by atoms with Crippen LogP contribution in [0.5, 0.6) is 17.2 Å². The van der Waals surface area contributed by atoms with Crippen molar-refractivity contribution in [3.63, 3.8) is 0 Å². The Bertz CT molecular complexity index is 642. The average Bonchev–Trinajstić information content (AvgIpc) is 2.63. The van der Waals surface area contributed by atoms with E-state index in [1.807, 2.05) is 31.2 Å². The highest BCUT2D eigenvalue weighted by Crippen LogP contribution is 2.37. The molecule has 0 heterocycles. The average molecular weight is 365 g/mol. The van der Waals surface area contributed by atoms with E-state index in [-0.39, 0.29) is 0 Å². The number of alkyl halides is 1. The number of rotatable bonds is 12. The molecular weight excluding hydrogens is 336 g/mol. The molecule has 2 rings (SSSR count). The zero-order valence-corrected chi connectivity index (χ0v) is 16.1. The minimum atomic E-state index is 0.662. The molecule has 0 aliphatic rings. The summed E-state index contributed by atoms with van der Waals surface area (Å²) in [5, 5.41) is 2.14. The third kappa shape index (κ3) is 6.00. The molecular formula is C21H29ClO3. The summed E-state index contributed by atoms with van der Waals surface area (Å²) in [6.45, 7) is 3.36. The van der Waals surface area contributed by atoms with Gasteiger partial charge in [0.1, 0.15) is 5.75 Å². The first kappa shape index (κ1) is 19.7. The van der Waals surface area contributed by atoms with Crippen LogP contribution in [0.2, 0.25) is 0 Å². The summed E-state index contributed by atoms with van der Waals surface area (Å²) in [4.78, 5) is 0. The molecule has 0 N–H and O–H groups in total. The van der Waals surface area contributed by atoms with E-state index in [1.165, 1.54) is 25.7 Å². The lowest BCUT2D eigenvalue weighted by Crippen LogP contribution is -2.00. The maximum Gasteiger partial charge on any atom is 0.168 e. The number of unbranched alkanes of at least 4 members (excludes halogenated alkanes) is 5. The van der Waals surface area contributed by atoms with E-state index in [9.17, 15) is 0 Å². The van der Waals surface area contributed by atoms with Gasteiger partial charge in [0.25, 0.3) is 0 Å². The van der Waals surface area contributed by atoms with Gasteiger partial charge in [-0.2, -0.15) is 0 Å². The topological polar surface area (TPSA) is 27.7 Å². The van der Waals surface area contributed by atoms with Crippen LogP contribution in [0.1, 0.15) is 45.4 Å². The van der Waals surface area contributed by atoms with Gasteiger partial charge in [0, 0.05) is 11.3 Å². The number of fused-ring (bicyclic) bond motifs is 1. The molecule has 0 fully saturated rings. The smallest absolute Gasteiger partial charge is 0.168 e. The van der Waals surface area contributed by atoms with E-state index >= 15 is 0 Å². The van der Waals surface area contributed by atoms with Crippen molar-refractivity contribution in [2.24, 2.45) is 0 Å². The molecule has 0 aromatic heterocycles. The molecule has 0 aliphatic heterocycles. The van der Waals surface area contributed by atoms with Crippen molar-refractivity contribution in [1.29, 1.82) is 0 Å². The summed E-state index contributed by atoms with van der Waals surface area (Å²) < 4.78 is 17.1. The summed E-state index contributed by atoms with van der Waals surface area (Å²) in [5.74, 6) is 3.25. The monoisotopic (exact) mass is 364 g/mol. The van der Waals surface area contributed by atoms with Crippen LogP contribution in [0.25, 0.3) is 10.8 Å². The Morgan fingerprint density at radius 3 is 2.36 bits per heavy atom. The van der Waals surface area contributed by atoms with E-state index in [0.29, 0.717) is 13.2 Å². The molecule has 0 atom stereocenters. The van der Waals surface area contributed by atoms with Gasteiger partial charge in [-0.05, 0) is 49.4 Å². The first-order chi connectivity index (χ1) is 12.3. The lowest BCUT2D eigenvalue weighted by atomic mass is 10.1. The molecule has 25 heavy (non-hydrogen) atoms. The maximum atomic E-state index is 5.96. The van der Waals surface area contributed by atoms with Crippen molar-refractivity contribution in [2.45, 2.75) is 45.4 Å². The third-order valence-corrected chi connectivity index (χ3v) is 4.47. The molecule has 0 amide bonds. The van der Waals surface area contributed by atoms with Gasteiger partial charge >= 0.3 is 0 Å². The van der Waals surface area contributed by atoms with E-state index in [2.05, 4.69) is 6.07 Å². The van der Waals surface area contributed by atoms with Crippen molar-refractivity contribution in [2.75, 3.05) is 26.2 Å². The van der Waals surface area contributed by atoms with Crippen LogP contribution in [0.3, 0.4) is 0 Å². The predicted molar refractivity (Wildman–Crippen MR) is 106 cm³/mol. The minimum absolute atomic E-state index is 0.662. The van der Waals surface area contributed by atoms with Crippen molar-refractivity contribution in [3.8, 4) is 17.2 Å². The van der Waals surface area contributed by atoms with Crippen LogP contribution in [-0.4, -0.2) is 26.2 Å². The van der Waals surface area contributed by atoms with Gasteiger partial charge in [-0.25, -0.2) is 0 Å². The van der Waals surface area contributed by atoms with Crippen molar-refractivity contribution < 1.29 is 14.2 Å². The van der Waals surface area contributed by atoms with Gasteiger partial charge in [-0.3, -0.25) is 0 Å². The Balaban J connectivity index is 1.91. The van der Waals surface area contributed by atoms with Gasteiger partial charge in [0.05, 0.1) is 20.3 Å². The molecule has 2 aromatic rings. The van der Waals surface area contributed by atoms with E-state index < -0.39 is 0 Å². The first-order valence-corrected chi connectivity index (χ1v) is 9.76. The molecule has 2 aromatic carbocycles. The Hall–Kier alpha value is -1.61. The predicted octanol–water partition coefficient (Wildman–Crippen LogP) is 6.21. The SMILES string of the molecule is CCOc1ccc2c(OC)c(OCCCCCCCCCl)ccc2c1. The van der Waals surface area contributed by atoms with Gasteiger partial charge < -0.3 is 14.2 Å². The molecule has 0 radical (unpaired) electrons. The molecule has 3 nitrogen and oxygen atoms in total. The second kappa shape index (κ2) is 11.1. The molecule has 0 spiro atoms. The molecule has 0 unspecified atom stereocenters. The number of hydrogen-bond donors (Lipinski definition) is 0. The fraction of sp³-hybridized carbons (Fsp3) is 0.524. The van der Waals surface area contributed by atoms with Crippen molar-refractivity contribution >= 4 is 22.4 Å². The highest BCUT2D eigenvalue weighted by atomic mass is 35.5. The summed E-state index contributed by atoms with van der Waals surface area (Å²) in [6, 6.07) is 10.1. The van der Waals surface area contributed by atoms with Crippen molar-refractivity contribution in [3.05, 3.63) is 30.3 Å². The van der Waals surface area contributed by atoms with Gasteiger partial charge in [-0.15, -0.1) is 11.6 Å². The van der Waals surface area contributed by atoms with Crippen LogP contribution in [0, 0.1) is 0 Å². The van der Waals surface area contributed by atoms with E-state index in [4.69, 9.17) is 25.8 Å². The zero-order valence-electron chi connectivity index (χ0n) is 15.4. The van der Waals surface area contributed by atoms with Gasteiger partial charge in [-0.1, -0.05) is 31.7 Å². The molecule has 138 valence electrons. The summed E-state index contributed by atoms with van der Waals surface area (Å²) in [5.41, 5.74) is 0. The fourth-order valence-corrected chi connectivity index (χ4v) is 3.11. The fourth-order valence-electron chi connectivity index (χ4n) is 2.93. The minimum Gasteiger partial charge on any atom is -0.494 e. The van der Waals surface area contributed by atoms with Crippen LogP contribution in [0.4, 0.5) is 0 Å². The lowest BCUT2D eigenvalue weighted by molar-refractivity contribution is 0.286. The third-order valence-electron chi connectivity index (χ3n) is 4.21. The standard InChI is InChI=1S/C21H29ClO3/c1-3-24-18-11-12-19-17(16-18)10-13-20(21(19)23-2)25-15-9-7-5-4-6-8-14-22/h10-13,16H,3-9,14-15H2,1-2H3. The quantitative estimate of drug-likeness (QED) is 0.331. The number of ether oxygens (including phenoxy) is 3. The maximum absolute atomic E-state index is 5.96. The molecule has 0 saturated carbocycles. The number of halogens is 1. The highest BCUT2D eigenvalue weighted by Gasteiger charge is 2.10. The number of benzene rings is 2. The van der Waals surface area contributed by atoms with Gasteiger partial charge in [0.15, 0.2) is 11.5 Å². The zero-order chi connectivity index (χ0) is 17.9. The molecule has 4 heteroatoms. The Morgan fingerprint density at radius 1 is 0.880 bits per heavy atom. The van der Waals surface area contributed by atoms with Crippen molar-refractivity contribution in [1.82, 2.24) is 0 Å². The van der Waals surface area contributed by atoms with Gasteiger partial charge in [0.2, 0.25) is 0 Å². The molecule has 0 aliphatic carbocycles. The van der Waals surface area contributed by atoms with Crippen LogP contribution in [-0.2, 0) is 0 Å². The Labute approximate surface area is 156 Å². The van der Waals surface area contributed by atoms with Crippen LogP contribution in [0.15, 0.2) is 30.3 Å². The Morgan fingerprint density at radius 2 is 1.64 bits per heavy atom. The van der Waals surface area contributed by atoms with E-state index in [0.717, 1.165) is 46.7 Å². The second-order valence-electron chi connectivity index (χ2n) is 6.07. The van der Waals surface area contributed by atoms with Crippen LogP contribution >= 0.6 is 11.6 Å². The summed E-state index contributed by atoms with van der Waals surface area (Å²) in [7, 11) is 1.69. The number of hydrogen-bond acceptors (Lipinski definition) is 3. The molecule has 0 saturated heterocycles. The largest absolute Gasteiger partial charge is 0.494 e. The van der Waals surface area contributed by atoms with Crippen LogP contribution < -0.4 is 14.2 Å². The number of methoxy groups -OCH3 is 1. The van der Waals surface area contributed by atoms with E-state index in [1.54, 1.807) is 7.11 Å². The Kier molecular flexibility index (Phi) is 8.75. The first-order valence-electron chi connectivity index (χ1n) is 9.22. The normalized spacial score (nSPS) is 10.8. The summed E-state index contributed by atoms with van der Waals surface area (Å²) in [6.07, 6.45) is 7.11. The second-order valence-corrected chi connectivity index (χ2v) is 6.45. The highest BCUT2D eigenvalue weighted by molar-refractivity contribution is 6.17. The molecule has 0 bridgehead atoms. The summed E-state index contributed by atoms with van der Waals surface area (Å²) >= 11 is 5.69.